The number of anilines is 2. The van der Waals surface area contributed by atoms with Crippen LogP contribution in [0.4, 0.5) is 11.4 Å². The molecule has 2 atom stereocenters. The molecular weight excluding hydrogens is 492 g/mol. The molecule has 38 heavy (non-hydrogen) atoms. The fraction of sp³-hybridized carbons (Fsp3) is 0.242. The lowest BCUT2D eigenvalue weighted by Gasteiger charge is -2.31. The standard InChI is InChI=1S/C33H31ClN2O2/c1-21-17-24(34)15-16-25(21)33-32-29(35-27-12-6-7-13-28(27)36-33)18-23(19-30(32)37)26-11-5-8-14-31(26)38-20-22-9-3-2-4-10-22/h3,5-17,23,33,35-36H,2,4,18-20H2,1H3. The van der Waals surface area contributed by atoms with E-state index in [0.717, 1.165) is 64.3 Å². The number of ketones is 1. The average molecular weight is 523 g/mol. The van der Waals surface area contributed by atoms with Crippen molar-refractivity contribution in [1.82, 2.24) is 0 Å². The van der Waals surface area contributed by atoms with Crippen molar-refractivity contribution < 1.29 is 9.53 Å². The molecule has 1 heterocycles. The number of nitrogens with one attached hydrogen (secondary N) is 2. The summed E-state index contributed by atoms with van der Waals surface area (Å²) in [6.45, 7) is 2.59. The van der Waals surface area contributed by atoms with Crippen LogP contribution >= 0.6 is 11.6 Å². The summed E-state index contributed by atoms with van der Waals surface area (Å²) >= 11 is 6.28. The highest BCUT2D eigenvalue weighted by Crippen LogP contribution is 2.46. The summed E-state index contributed by atoms with van der Waals surface area (Å²) in [6, 6.07) is 21.9. The minimum absolute atomic E-state index is 0.0260. The zero-order chi connectivity index (χ0) is 26.1. The third-order valence-electron chi connectivity index (χ3n) is 7.68. The molecule has 2 aliphatic carbocycles. The lowest BCUT2D eigenvalue weighted by atomic mass is 9.78. The van der Waals surface area contributed by atoms with Gasteiger partial charge in [0.2, 0.25) is 0 Å². The Kier molecular flexibility index (Phi) is 6.82. The smallest absolute Gasteiger partial charge is 0.163 e. The third-order valence-corrected chi connectivity index (χ3v) is 7.91. The van der Waals surface area contributed by atoms with E-state index in [0.29, 0.717) is 18.1 Å². The van der Waals surface area contributed by atoms with Crippen LogP contribution in [0.15, 0.2) is 102 Å². The second-order valence-electron chi connectivity index (χ2n) is 10.3. The number of ether oxygens (including phenoxy) is 1. The number of carbonyl (C=O) groups is 1. The first kappa shape index (κ1) is 24.6. The maximum absolute atomic E-state index is 14.0. The number of halogens is 1. The van der Waals surface area contributed by atoms with E-state index in [1.54, 1.807) is 0 Å². The van der Waals surface area contributed by atoms with Crippen LogP contribution in [0.25, 0.3) is 0 Å². The number of allylic oxidation sites excluding steroid dienone is 3. The van der Waals surface area contributed by atoms with Gasteiger partial charge in [0.05, 0.1) is 17.4 Å². The Morgan fingerprint density at radius 3 is 2.58 bits per heavy atom. The molecule has 192 valence electrons. The number of rotatable bonds is 5. The van der Waals surface area contributed by atoms with Crippen molar-refractivity contribution in [2.45, 2.75) is 44.6 Å². The van der Waals surface area contributed by atoms with E-state index in [4.69, 9.17) is 16.3 Å². The molecule has 3 aliphatic rings. The van der Waals surface area contributed by atoms with Crippen LogP contribution < -0.4 is 15.4 Å². The van der Waals surface area contributed by atoms with E-state index in [2.05, 4.69) is 47.1 Å². The monoisotopic (exact) mass is 522 g/mol. The zero-order valence-electron chi connectivity index (χ0n) is 21.5. The van der Waals surface area contributed by atoms with Gasteiger partial charge in [-0.05, 0) is 78.8 Å². The van der Waals surface area contributed by atoms with Crippen molar-refractivity contribution in [3.63, 3.8) is 0 Å². The fourth-order valence-electron chi connectivity index (χ4n) is 5.79. The molecule has 0 saturated carbocycles. The first-order chi connectivity index (χ1) is 18.6. The Hall–Kier alpha value is -3.76. The number of Topliss-reactive ketones (excluding diaryl/α,β-unsaturated/α-hetero) is 1. The van der Waals surface area contributed by atoms with E-state index >= 15 is 0 Å². The number of carbonyl (C=O) groups excluding carboxylic acids is 1. The molecule has 0 saturated heterocycles. The van der Waals surface area contributed by atoms with Crippen LogP contribution in [0, 0.1) is 6.92 Å². The molecule has 2 N–H and O–H groups in total. The summed E-state index contributed by atoms with van der Waals surface area (Å²) in [4.78, 5) is 14.0. The quantitative estimate of drug-likeness (QED) is 0.354. The Morgan fingerprint density at radius 2 is 1.76 bits per heavy atom. The Morgan fingerprint density at radius 1 is 0.947 bits per heavy atom. The number of para-hydroxylation sites is 3. The van der Waals surface area contributed by atoms with Crippen molar-refractivity contribution in [2.24, 2.45) is 0 Å². The molecule has 0 bridgehead atoms. The largest absolute Gasteiger partial charge is 0.489 e. The summed E-state index contributed by atoms with van der Waals surface area (Å²) in [5.74, 6) is 1.03. The summed E-state index contributed by atoms with van der Waals surface area (Å²) in [5.41, 5.74) is 8.12. The second kappa shape index (κ2) is 10.5. The summed E-state index contributed by atoms with van der Waals surface area (Å²) in [5, 5.41) is 8.00. The van der Waals surface area contributed by atoms with Gasteiger partial charge in [-0.15, -0.1) is 0 Å². The molecule has 0 fully saturated rings. The van der Waals surface area contributed by atoms with E-state index < -0.39 is 0 Å². The molecule has 5 heteroatoms. The first-order valence-corrected chi connectivity index (χ1v) is 13.7. The zero-order valence-corrected chi connectivity index (χ0v) is 22.2. The van der Waals surface area contributed by atoms with Crippen LogP contribution in [0.2, 0.25) is 5.02 Å². The highest BCUT2D eigenvalue weighted by molar-refractivity contribution is 6.30. The molecular formula is C33H31ClN2O2. The van der Waals surface area contributed by atoms with E-state index in [1.165, 1.54) is 5.57 Å². The van der Waals surface area contributed by atoms with Crippen LogP contribution in [-0.2, 0) is 4.79 Å². The average Bonchev–Trinajstić information content (AvgIpc) is 3.09. The maximum Gasteiger partial charge on any atom is 0.163 e. The molecule has 0 aromatic heterocycles. The van der Waals surface area contributed by atoms with E-state index in [9.17, 15) is 4.79 Å². The number of fused-ring (bicyclic) bond motifs is 1. The summed E-state index contributed by atoms with van der Waals surface area (Å²) in [7, 11) is 0. The number of aryl methyl sites for hydroxylation is 1. The second-order valence-corrected chi connectivity index (χ2v) is 10.7. The van der Waals surface area contributed by atoms with Gasteiger partial charge in [-0.1, -0.05) is 66.2 Å². The number of hydrogen-bond acceptors (Lipinski definition) is 4. The van der Waals surface area contributed by atoms with Crippen molar-refractivity contribution >= 4 is 28.8 Å². The summed E-state index contributed by atoms with van der Waals surface area (Å²) in [6.07, 6.45) is 9.88. The minimum atomic E-state index is -0.261. The van der Waals surface area contributed by atoms with Gasteiger partial charge in [0.15, 0.2) is 5.78 Å². The highest BCUT2D eigenvalue weighted by Gasteiger charge is 2.37. The molecule has 3 aromatic rings. The molecule has 0 spiro atoms. The minimum Gasteiger partial charge on any atom is -0.489 e. The van der Waals surface area contributed by atoms with Gasteiger partial charge in [0.25, 0.3) is 0 Å². The third kappa shape index (κ3) is 4.89. The Bertz CT molecular complexity index is 1490. The summed E-state index contributed by atoms with van der Waals surface area (Å²) < 4.78 is 6.31. The lowest BCUT2D eigenvalue weighted by Crippen LogP contribution is -2.27. The van der Waals surface area contributed by atoms with Crippen molar-refractivity contribution in [3.05, 3.63) is 124 Å². The molecule has 2 unspecified atom stereocenters. The van der Waals surface area contributed by atoms with Crippen LogP contribution in [0.1, 0.15) is 54.3 Å². The van der Waals surface area contributed by atoms with Crippen LogP contribution in [0.3, 0.4) is 0 Å². The van der Waals surface area contributed by atoms with Gasteiger partial charge in [0, 0.05) is 28.6 Å². The number of benzene rings is 3. The lowest BCUT2D eigenvalue weighted by molar-refractivity contribution is -0.116. The van der Waals surface area contributed by atoms with Crippen LogP contribution in [0.5, 0.6) is 5.75 Å². The van der Waals surface area contributed by atoms with Gasteiger partial charge >= 0.3 is 0 Å². The molecule has 6 rings (SSSR count). The predicted octanol–water partition coefficient (Wildman–Crippen LogP) is 8.28. The number of hydrogen-bond donors (Lipinski definition) is 2. The van der Waals surface area contributed by atoms with Gasteiger partial charge in [-0.25, -0.2) is 0 Å². The van der Waals surface area contributed by atoms with Crippen molar-refractivity contribution in [2.75, 3.05) is 17.2 Å². The highest BCUT2D eigenvalue weighted by atomic mass is 35.5. The normalized spacial score (nSPS) is 20.5. The SMILES string of the molecule is Cc1cc(Cl)ccc1C1Nc2ccccc2NC2=C1C(=O)CC(c1ccccc1OCC1=CCCC=C1)C2. The molecule has 1 aliphatic heterocycles. The maximum atomic E-state index is 14.0. The molecule has 4 nitrogen and oxygen atoms in total. The van der Waals surface area contributed by atoms with Gasteiger partial charge < -0.3 is 15.4 Å². The fourth-order valence-corrected chi connectivity index (χ4v) is 6.02. The first-order valence-electron chi connectivity index (χ1n) is 13.3. The molecule has 0 radical (unpaired) electrons. The van der Waals surface area contributed by atoms with Crippen molar-refractivity contribution in [1.29, 1.82) is 0 Å². The van der Waals surface area contributed by atoms with E-state index in [1.807, 2.05) is 55.5 Å². The van der Waals surface area contributed by atoms with Gasteiger partial charge in [0.1, 0.15) is 12.4 Å². The molecule has 0 amide bonds. The van der Waals surface area contributed by atoms with Crippen molar-refractivity contribution in [3.8, 4) is 5.75 Å². The van der Waals surface area contributed by atoms with Crippen LogP contribution in [-0.4, -0.2) is 12.4 Å². The Labute approximate surface area is 229 Å². The van der Waals surface area contributed by atoms with E-state index in [-0.39, 0.29) is 17.7 Å². The Balaban J connectivity index is 1.36. The van der Waals surface area contributed by atoms with Gasteiger partial charge in [-0.2, -0.15) is 0 Å². The molecule has 3 aromatic carbocycles. The topological polar surface area (TPSA) is 50.4 Å². The predicted molar refractivity (Wildman–Crippen MR) is 155 cm³/mol. The van der Waals surface area contributed by atoms with Gasteiger partial charge in [-0.3, -0.25) is 4.79 Å².